The zero-order chi connectivity index (χ0) is 40.0. The van der Waals surface area contributed by atoms with Gasteiger partial charge in [-0.2, -0.15) is 0 Å². The van der Waals surface area contributed by atoms with Gasteiger partial charge in [0.15, 0.2) is 0 Å². The van der Waals surface area contributed by atoms with Gasteiger partial charge in [0.1, 0.15) is 24.1 Å². The molecule has 0 saturated carbocycles. The van der Waals surface area contributed by atoms with Crippen molar-refractivity contribution in [1.82, 2.24) is 20.9 Å². The summed E-state index contributed by atoms with van der Waals surface area (Å²) in [5.74, 6) is -0.145. The molecule has 12 nitrogen and oxygen atoms in total. The van der Waals surface area contributed by atoms with Gasteiger partial charge in [0, 0.05) is 38.2 Å². The molecule has 2 aliphatic heterocycles. The van der Waals surface area contributed by atoms with Crippen LogP contribution >= 0.6 is 0 Å². The largest absolute Gasteiger partial charge is 0.508 e. The molecule has 1 unspecified atom stereocenters. The fourth-order valence-corrected chi connectivity index (χ4v) is 7.11. The third-order valence-corrected chi connectivity index (χ3v) is 9.94. The summed E-state index contributed by atoms with van der Waals surface area (Å²) in [6.45, 7) is 6.36. The molecule has 0 radical (unpaired) electrons. The van der Waals surface area contributed by atoms with Gasteiger partial charge in [-0.3, -0.25) is 24.5 Å². The van der Waals surface area contributed by atoms with Crippen molar-refractivity contribution >= 4 is 34.8 Å². The number of nitrogens with one attached hydrogen (secondary N) is 3. The van der Waals surface area contributed by atoms with E-state index in [2.05, 4.69) is 47.1 Å². The number of rotatable bonds is 20. The SMILES string of the molecule is CC/C(=C(\c1ccc(O)cc1)c1ccc(OCCNCCOCCOCCNC(=O)Cc2ccc3c(c2)CN(C2CCC(=O)NC2=O)C3=O)cc1)c1ccccc1. The lowest BCUT2D eigenvalue weighted by atomic mass is 9.88. The summed E-state index contributed by atoms with van der Waals surface area (Å²) in [6, 6.07) is 30.5. The second kappa shape index (κ2) is 20.4. The Labute approximate surface area is 333 Å². The summed E-state index contributed by atoms with van der Waals surface area (Å²) in [5.41, 5.74) is 7.69. The van der Waals surface area contributed by atoms with Crippen LogP contribution < -0.4 is 20.7 Å². The maximum Gasteiger partial charge on any atom is 0.255 e. The Balaban J connectivity index is 0.816. The number of amides is 4. The number of phenolic OH excluding ortho intramolecular Hbond substituents is 1. The quantitative estimate of drug-likeness (QED) is 0.0559. The molecular formula is C45H50N4O8. The highest BCUT2D eigenvalue weighted by Crippen LogP contribution is 2.35. The Hall–Kier alpha value is -5.82. The lowest BCUT2D eigenvalue weighted by Gasteiger charge is -2.29. The van der Waals surface area contributed by atoms with Crippen molar-refractivity contribution in [3.63, 3.8) is 0 Å². The van der Waals surface area contributed by atoms with Crippen LogP contribution in [0.1, 0.15) is 64.4 Å². The molecule has 0 aromatic heterocycles. The van der Waals surface area contributed by atoms with Crippen LogP contribution in [0.2, 0.25) is 0 Å². The topological polar surface area (TPSA) is 156 Å². The summed E-state index contributed by atoms with van der Waals surface area (Å²) in [5, 5.41) is 18.4. The number of nitrogens with zero attached hydrogens (tertiary/aromatic N) is 1. The van der Waals surface area contributed by atoms with Crippen molar-refractivity contribution in [2.24, 2.45) is 0 Å². The molecule has 1 atom stereocenters. The minimum Gasteiger partial charge on any atom is -0.508 e. The normalized spacial score (nSPS) is 15.6. The van der Waals surface area contributed by atoms with Crippen LogP contribution in [0.15, 0.2) is 97.1 Å². The zero-order valence-corrected chi connectivity index (χ0v) is 32.3. The molecule has 1 saturated heterocycles. The number of aromatic hydroxyl groups is 1. The van der Waals surface area contributed by atoms with Gasteiger partial charge in [-0.1, -0.05) is 73.7 Å². The smallest absolute Gasteiger partial charge is 0.255 e. The molecule has 6 rings (SSSR count). The molecule has 4 N–H and O–H groups in total. The second-order valence-corrected chi connectivity index (χ2v) is 13.9. The van der Waals surface area contributed by atoms with Crippen molar-refractivity contribution in [2.75, 3.05) is 52.7 Å². The molecule has 4 aromatic carbocycles. The van der Waals surface area contributed by atoms with Gasteiger partial charge < -0.3 is 34.9 Å². The predicted molar refractivity (Wildman–Crippen MR) is 216 cm³/mol. The van der Waals surface area contributed by atoms with Crippen molar-refractivity contribution in [2.45, 2.75) is 45.2 Å². The second-order valence-electron chi connectivity index (χ2n) is 13.9. The highest BCUT2D eigenvalue weighted by molar-refractivity contribution is 6.05. The van der Waals surface area contributed by atoms with Crippen LogP contribution in [0.3, 0.4) is 0 Å². The van der Waals surface area contributed by atoms with E-state index < -0.39 is 11.9 Å². The highest BCUT2D eigenvalue weighted by atomic mass is 16.5. The van der Waals surface area contributed by atoms with E-state index in [1.807, 2.05) is 48.5 Å². The Bertz CT molecular complexity index is 2030. The lowest BCUT2D eigenvalue weighted by Crippen LogP contribution is -2.52. The van der Waals surface area contributed by atoms with Gasteiger partial charge in [-0.15, -0.1) is 0 Å². The fourth-order valence-electron chi connectivity index (χ4n) is 7.11. The molecule has 298 valence electrons. The molecule has 57 heavy (non-hydrogen) atoms. The van der Waals surface area contributed by atoms with Crippen LogP contribution in [0.5, 0.6) is 11.5 Å². The van der Waals surface area contributed by atoms with Crippen molar-refractivity contribution in [1.29, 1.82) is 0 Å². The van der Waals surface area contributed by atoms with Crippen LogP contribution in [0.25, 0.3) is 11.1 Å². The first-order chi connectivity index (χ1) is 27.8. The van der Waals surface area contributed by atoms with E-state index in [-0.39, 0.29) is 42.9 Å². The molecule has 2 heterocycles. The summed E-state index contributed by atoms with van der Waals surface area (Å²) >= 11 is 0. The standard InChI is InChI=1S/C45H50N4O8/c1-2-38(32-6-4-3-5-7-32)43(33-9-13-36(50)14-10-33)34-11-15-37(16-12-34)57-25-21-46-20-23-55-26-27-56-24-22-47-42(52)29-31-8-17-39-35(28-31)30-49(45(39)54)40-18-19-41(51)48-44(40)53/h3-17,28,40,46,50H,2,18-27,29-30H2,1H3,(H,47,52)(H,48,51,53)/b43-38-. The summed E-state index contributed by atoms with van der Waals surface area (Å²) in [7, 11) is 0. The number of imide groups is 1. The number of hydrogen-bond acceptors (Lipinski definition) is 9. The van der Waals surface area contributed by atoms with E-state index in [9.17, 15) is 24.3 Å². The average molecular weight is 775 g/mol. The minimum absolute atomic E-state index is 0.156. The Morgan fingerprint density at radius 2 is 1.49 bits per heavy atom. The molecule has 0 bridgehead atoms. The number of hydrogen-bond donors (Lipinski definition) is 4. The van der Waals surface area contributed by atoms with Gasteiger partial charge >= 0.3 is 0 Å². The monoisotopic (exact) mass is 774 g/mol. The number of fused-ring (bicyclic) bond motifs is 1. The van der Waals surface area contributed by atoms with E-state index in [1.165, 1.54) is 16.0 Å². The lowest BCUT2D eigenvalue weighted by molar-refractivity contribution is -0.137. The van der Waals surface area contributed by atoms with Crippen molar-refractivity contribution < 1.29 is 38.5 Å². The third kappa shape index (κ3) is 11.2. The Morgan fingerprint density at radius 3 is 2.19 bits per heavy atom. The highest BCUT2D eigenvalue weighted by Gasteiger charge is 2.39. The number of phenols is 1. The van der Waals surface area contributed by atoms with E-state index >= 15 is 0 Å². The summed E-state index contributed by atoms with van der Waals surface area (Å²) in [6.07, 6.45) is 1.51. The van der Waals surface area contributed by atoms with Crippen LogP contribution in [0, 0.1) is 0 Å². The number of ether oxygens (including phenoxy) is 3. The van der Waals surface area contributed by atoms with Gasteiger partial charge in [0.25, 0.3) is 5.91 Å². The minimum atomic E-state index is -0.670. The van der Waals surface area contributed by atoms with E-state index in [1.54, 1.807) is 24.3 Å². The number of piperidine rings is 1. The predicted octanol–water partition coefficient (Wildman–Crippen LogP) is 4.88. The third-order valence-electron chi connectivity index (χ3n) is 9.94. The number of benzene rings is 4. The van der Waals surface area contributed by atoms with E-state index in [0.29, 0.717) is 64.7 Å². The Kier molecular flexibility index (Phi) is 14.6. The molecule has 0 aliphatic carbocycles. The first-order valence-electron chi connectivity index (χ1n) is 19.5. The summed E-state index contributed by atoms with van der Waals surface area (Å²) in [4.78, 5) is 50.7. The number of carbonyl (C=O) groups is 4. The molecule has 4 aromatic rings. The van der Waals surface area contributed by atoms with Crippen LogP contribution in [-0.2, 0) is 36.8 Å². The Morgan fingerprint density at radius 1 is 0.807 bits per heavy atom. The number of allylic oxidation sites excluding steroid dienone is 1. The molecule has 2 aliphatic rings. The van der Waals surface area contributed by atoms with E-state index in [4.69, 9.17) is 14.2 Å². The molecular weight excluding hydrogens is 725 g/mol. The molecule has 0 spiro atoms. The average Bonchev–Trinajstić information content (AvgIpc) is 3.54. The molecule has 1 fully saturated rings. The van der Waals surface area contributed by atoms with Crippen molar-refractivity contribution in [3.8, 4) is 11.5 Å². The zero-order valence-electron chi connectivity index (χ0n) is 32.3. The molecule has 4 amide bonds. The van der Waals surface area contributed by atoms with Gasteiger partial charge in [-0.05, 0) is 82.1 Å². The fraction of sp³-hybridized carbons (Fsp3) is 0.333. The van der Waals surface area contributed by atoms with Gasteiger partial charge in [-0.25, -0.2) is 0 Å². The van der Waals surface area contributed by atoms with Gasteiger partial charge in [0.05, 0.1) is 32.8 Å². The van der Waals surface area contributed by atoms with Crippen LogP contribution in [-0.4, -0.2) is 92.3 Å². The first kappa shape index (κ1) is 40.8. The van der Waals surface area contributed by atoms with Crippen LogP contribution in [0.4, 0.5) is 0 Å². The summed E-state index contributed by atoms with van der Waals surface area (Å²) < 4.78 is 17.2. The van der Waals surface area contributed by atoms with Gasteiger partial charge in [0.2, 0.25) is 17.7 Å². The first-order valence-corrected chi connectivity index (χ1v) is 19.5. The maximum absolute atomic E-state index is 12.9. The van der Waals surface area contributed by atoms with Crippen molar-refractivity contribution in [3.05, 3.63) is 130 Å². The maximum atomic E-state index is 12.9. The van der Waals surface area contributed by atoms with E-state index in [0.717, 1.165) is 40.0 Å². The number of carbonyl (C=O) groups excluding carboxylic acids is 4. The molecule has 12 heteroatoms.